The Hall–Kier alpha value is -3.57. The predicted molar refractivity (Wildman–Crippen MR) is 117 cm³/mol. The summed E-state index contributed by atoms with van der Waals surface area (Å²) in [7, 11) is 0. The molecule has 2 aromatic heterocycles. The van der Waals surface area contributed by atoms with Crippen LogP contribution in [0, 0.1) is 0 Å². The Morgan fingerprint density at radius 3 is 2.65 bits per heavy atom. The quantitative estimate of drug-likeness (QED) is 0.372. The van der Waals surface area contributed by atoms with Gasteiger partial charge in [-0.05, 0) is 37.1 Å². The van der Waals surface area contributed by atoms with E-state index in [9.17, 15) is 4.79 Å². The van der Waals surface area contributed by atoms with Gasteiger partial charge >= 0.3 is 0 Å². The van der Waals surface area contributed by atoms with Crippen LogP contribution in [-0.4, -0.2) is 43.0 Å². The molecular weight excluding hydrogens is 396 g/mol. The first-order valence-electron chi connectivity index (χ1n) is 10.2. The lowest BCUT2D eigenvalue weighted by Gasteiger charge is -2.29. The summed E-state index contributed by atoms with van der Waals surface area (Å²) in [4.78, 5) is 20.6. The molecule has 2 atom stereocenters. The van der Waals surface area contributed by atoms with E-state index in [1.807, 2.05) is 24.3 Å². The molecule has 0 aliphatic heterocycles. The van der Waals surface area contributed by atoms with Gasteiger partial charge in [-0.25, -0.2) is 9.67 Å². The number of nitrogens with two attached hydrogens (primary N) is 3. The molecule has 1 aromatic carbocycles. The molecule has 0 unspecified atom stereocenters. The van der Waals surface area contributed by atoms with Crippen molar-refractivity contribution in [1.29, 1.82) is 0 Å². The zero-order valence-corrected chi connectivity index (χ0v) is 17.0. The SMILES string of the molecule is NCc1cn(-c2ccc(Nc3nc(N[C@@H]4CCCC[C@@H]4N)ncc3C(N)=O)cc2)nn1. The highest BCUT2D eigenvalue weighted by atomic mass is 16.1. The molecule has 8 N–H and O–H groups in total. The van der Waals surface area contributed by atoms with Crippen molar-refractivity contribution in [2.75, 3.05) is 10.6 Å². The zero-order valence-electron chi connectivity index (χ0n) is 17.0. The Morgan fingerprint density at radius 1 is 1.19 bits per heavy atom. The molecule has 1 saturated carbocycles. The fourth-order valence-corrected chi connectivity index (χ4v) is 3.58. The number of aromatic nitrogens is 5. The number of amides is 1. The molecule has 31 heavy (non-hydrogen) atoms. The van der Waals surface area contributed by atoms with Crippen molar-refractivity contribution in [3.8, 4) is 5.69 Å². The fourth-order valence-electron chi connectivity index (χ4n) is 3.58. The van der Waals surface area contributed by atoms with Crippen LogP contribution in [0.4, 0.5) is 17.5 Å². The lowest BCUT2D eigenvalue weighted by atomic mass is 9.91. The zero-order chi connectivity index (χ0) is 21.8. The summed E-state index contributed by atoms with van der Waals surface area (Å²) in [6, 6.07) is 7.56. The number of anilines is 3. The largest absolute Gasteiger partial charge is 0.365 e. The second kappa shape index (κ2) is 9.06. The summed E-state index contributed by atoms with van der Waals surface area (Å²) in [6.45, 7) is 0.325. The Balaban J connectivity index is 1.53. The van der Waals surface area contributed by atoms with Crippen LogP contribution in [0.1, 0.15) is 41.7 Å². The van der Waals surface area contributed by atoms with E-state index in [2.05, 4.69) is 30.9 Å². The average molecular weight is 422 g/mol. The average Bonchev–Trinajstić information content (AvgIpc) is 3.25. The molecule has 2 heterocycles. The third kappa shape index (κ3) is 4.78. The summed E-state index contributed by atoms with van der Waals surface area (Å²) in [5, 5.41) is 14.5. The molecular formula is C20H26N10O. The van der Waals surface area contributed by atoms with Crippen molar-refractivity contribution in [1.82, 2.24) is 25.0 Å². The fraction of sp³-hybridized carbons (Fsp3) is 0.350. The van der Waals surface area contributed by atoms with E-state index < -0.39 is 5.91 Å². The highest BCUT2D eigenvalue weighted by Crippen LogP contribution is 2.23. The van der Waals surface area contributed by atoms with Crippen LogP contribution >= 0.6 is 0 Å². The summed E-state index contributed by atoms with van der Waals surface area (Å²) in [5.41, 5.74) is 19.8. The van der Waals surface area contributed by atoms with Gasteiger partial charge in [-0.1, -0.05) is 18.1 Å². The van der Waals surface area contributed by atoms with Crippen LogP contribution < -0.4 is 27.8 Å². The summed E-state index contributed by atoms with van der Waals surface area (Å²) in [6.07, 6.45) is 7.36. The lowest BCUT2D eigenvalue weighted by molar-refractivity contribution is 0.100. The highest BCUT2D eigenvalue weighted by molar-refractivity contribution is 5.98. The first kappa shape index (κ1) is 20.7. The van der Waals surface area contributed by atoms with Crippen molar-refractivity contribution in [3.05, 3.63) is 47.9 Å². The van der Waals surface area contributed by atoms with Gasteiger partial charge in [-0.15, -0.1) is 5.10 Å². The molecule has 3 aromatic rings. The molecule has 11 heteroatoms. The predicted octanol–water partition coefficient (Wildman–Crippen LogP) is 1.04. The maximum atomic E-state index is 11.9. The van der Waals surface area contributed by atoms with E-state index in [0.29, 0.717) is 24.0 Å². The van der Waals surface area contributed by atoms with Crippen molar-refractivity contribution in [3.63, 3.8) is 0 Å². The van der Waals surface area contributed by atoms with Crippen LogP contribution in [0.25, 0.3) is 5.69 Å². The lowest BCUT2D eigenvalue weighted by Crippen LogP contribution is -2.43. The summed E-state index contributed by atoms with van der Waals surface area (Å²) >= 11 is 0. The Bertz CT molecular complexity index is 1050. The number of hydrogen-bond acceptors (Lipinski definition) is 9. The van der Waals surface area contributed by atoms with Gasteiger partial charge in [0.15, 0.2) is 0 Å². The van der Waals surface area contributed by atoms with E-state index in [1.165, 1.54) is 6.20 Å². The van der Waals surface area contributed by atoms with Crippen LogP contribution in [0.3, 0.4) is 0 Å². The van der Waals surface area contributed by atoms with Gasteiger partial charge in [0.2, 0.25) is 5.95 Å². The summed E-state index contributed by atoms with van der Waals surface area (Å²) < 4.78 is 1.64. The van der Waals surface area contributed by atoms with Gasteiger partial charge in [-0.3, -0.25) is 4.79 Å². The number of benzene rings is 1. The normalized spacial score (nSPS) is 18.5. The van der Waals surface area contributed by atoms with Crippen LogP contribution in [0.5, 0.6) is 0 Å². The van der Waals surface area contributed by atoms with E-state index >= 15 is 0 Å². The van der Waals surface area contributed by atoms with Gasteiger partial charge in [0.25, 0.3) is 5.91 Å². The van der Waals surface area contributed by atoms with Crippen LogP contribution in [0.15, 0.2) is 36.7 Å². The molecule has 1 aliphatic carbocycles. The van der Waals surface area contributed by atoms with Gasteiger partial charge in [0.05, 0.1) is 17.6 Å². The minimum Gasteiger partial charge on any atom is -0.365 e. The first-order valence-corrected chi connectivity index (χ1v) is 10.2. The second-order valence-corrected chi connectivity index (χ2v) is 7.55. The first-order chi connectivity index (χ1) is 15.0. The maximum absolute atomic E-state index is 11.9. The smallest absolute Gasteiger partial charge is 0.254 e. The van der Waals surface area contributed by atoms with Gasteiger partial charge in [0.1, 0.15) is 11.4 Å². The molecule has 0 saturated heterocycles. The third-order valence-corrected chi connectivity index (χ3v) is 5.33. The van der Waals surface area contributed by atoms with Crippen LogP contribution in [0.2, 0.25) is 0 Å². The van der Waals surface area contributed by atoms with Gasteiger partial charge < -0.3 is 27.8 Å². The minimum absolute atomic E-state index is 0.0497. The van der Waals surface area contributed by atoms with Gasteiger partial charge in [-0.2, -0.15) is 4.98 Å². The molecule has 4 rings (SSSR count). The Morgan fingerprint density at radius 2 is 1.97 bits per heavy atom. The maximum Gasteiger partial charge on any atom is 0.254 e. The number of rotatable bonds is 7. The third-order valence-electron chi connectivity index (χ3n) is 5.33. The standard InChI is InChI=1S/C20H26N10O/c21-9-13-11-30(29-28-13)14-7-5-12(6-8-14)25-19-15(18(23)31)10-24-20(27-19)26-17-4-2-1-3-16(17)22/h5-8,10-11,16-17H,1-4,9,21-22H2,(H2,23,31)(H2,24,25,26,27)/t16-,17+/m0/s1. The Kier molecular flexibility index (Phi) is 6.05. The second-order valence-electron chi connectivity index (χ2n) is 7.55. The molecule has 1 amide bonds. The number of carbonyl (C=O) groups is 1. The molecule has 11 nitrogen and oxygen atoms in total. The molecule has 1 fully saturated rings. The number of nitrogens with one attached hydrogen (secondary N) is 2. The topological polar surface area (TPSA) is 176 Å². The molecule has 0 radical (unpaired) electrons. The van der Waals surface area contributed by atoms with Crippen molar-refractivity contribution >= 4 is 23.4 Å². The van der Waals surface area contributed by atoms with E-state index in [1.54, 1.807) is 10.9 Å². The molecule has 1 aliphatic rings. The van der Waals surface area contributed by atoms with Crippen molar-refractivity contribution in [2.24, 2.45) is 17.2 Å². The van der Waals surface area contributed by atoms with Crippen LogP contribution in [-0.2, 0) is 6.54 Å². The Labute approximate surface area is 179 Å². The molecule has 0 spiro atoms. The van der Waals surface area contributed by atoms with E-state index in [-0.39, 0.29) is 17.6 Å². The van der Waals surface area contributed by atoms with E-state index in [0.717, 1.165) is 37.1 Å². The number of carbonyl (C=O) groups excluding carboxylic acids is 1. The minimum atomic E-state index is -0.614. The number of primary amides is 1. The van der Waals surface area contributed by atoms with Gasteiger partial charge in [0, 0.05) is 30.5 Å². The van der Waals surface area contributed by atoms with E-state index in [4.69, 9.17) is 17.2 Å². The monoisotopic (exact) mass is 422 g/mol. The molecule has 162 valence electrons. The molecule has 0 bridgehead atoms. The summed E-state index contributed by atoms with van der Waals surface area (Å²) in [5.74, 6) is 0.119. The van der Waals surface area contributed by atoms with Crippen molar-refractivity contribution in [2.45, 2.75) is 44.3 Å². The van der Waals surface area contributed by atoms with Crippen molar-refractivity contribution < 1.29 is 4.79 Å². The highest BCUT2D eigenvalue weighted by Gasteiger charge is 2.23. The number of nitrogens with zero attached hydrogens (tertiary/aromatic N) is 5. The number of hydrogen-bond donors (Lipinski definition) is 5.